The molecule has 2 aromatic rings. The maximum absolute atomic E-state index is 11.9. The zero-order valence-electron chi connectivity index (χ0n) is 14.0. The largest absolute Gasteiger partial charge is 0.444 e. The summed E-state index contributed by atoms with van der Waals surface area (Å²) in [6.45, 7) is 9.91. The maximum Gasteiger partial charge on any atom is 0.408 e. The molecule has 0 radical (unpaired) electrons. The number of fused-ring (bicyclic) bond motifs is 1. The molecule has 0 unspecified atom stereocenters. The summed E-state index contributed by atoms with van der Waals surface area (Å²) in [6, 6.07) is -0.200. The van der Waals surface area contributed by atoms with E-state index in [9.17, 15) is 4.79 Å². The van der Waals surface area contributed by atoms with Crippen molar-refractivity contribution in [2.45, 2.75) is 45.4 Å². The minimum atomic E-state index is -0.531. The van der Waals surface area contributed by atoms with E-state index in [1.54, 1.807) is 6.08 Å². The quantitative estimate of drug-likeness (QED) is 0.547. The van der Waals surface area contributed by atoms with E-state index in [2.05, 4.69) is 44.5 Å². The number of carbonyl (C=O) groups is 1. The lowest BCUT2D eigenvalue weighted by atomic mass is 10.2. The fraction of sp³-hybridized carbons (Fsp3) is 0.438. The van der Waals surface area contributed by atoms with E-state index in [1.165, 1.54) is 6.33 Å². The van der Waals surface area contributed by atoms with Crippen molar-refractivity contribution in [1.29, 1.82) is 0 Å². The molecular formula is C16H22IN5O2. The van der Waals surface area contributed by atoms with Crippen LogP contribution in [0, 0.1) is 3.57 Å². The highest BCUT2D eigenvalue weighted by Crippen LogP contribution is 2.25. The van der Waals surface area contributed by atoms with E-state index < -0.39 is 11.7 Å². The molecule has 0 fully saturated rings. The molecule has 0 aliphatic rings. The van der Waals surface area contributed by atoms with Gasteiger partial charge in [-0.05, 0) is 49.8 Å². The Labute approximate surface area is 154 Å². The van der Waals surface area contributed by atoms with Gasteiger partial charge in [-0.25, -0.2) is 14.8 Å². The SMILES string of the molecule is C=C[C@@H](CCn1cc(I)c2c(N)ncnc21)NC(=O)OC(C)(C)C. The van der Waals surface area contributed by atoms with Crippen LogP contribution in [0.15, 0.2) is 25.2 Å². The van der Waals surface area contributed by atoms with Crippen molar-refractivity contribution < 1.29 is 9.53 Å². The Hall–Kier alpha value is -1.84. The minimum Gasteiger partial charge on any atom is -0.444 e. The first-order valence-corrected chi connectivity index (χ1v) is 8.66. The highest BCUT2D eigenvalue weighted by Gasteiger charge is 2.19. The number of hydrogen-bond acceptors (Lipinski definition) is 5. The summed E-state index contributed by atoms with van der Waals surface area (Å²) in [5, 5.41) is 3.66. The molecule has 0 aliphatic heterocycles. The highest BCUT2D eigenvalue weighted by atomic mass is 127. The van der Waals surface area contributed by atoms with Gasteiger partial charge in [-0.15, -0.1) is 6.58 Å². The van der Waals surface area contributed by atoms with E-state index in [0.717, 1.165) is 14.6 Å². The van der Waals surface area contributed by atoms with Gasteiger partial charge in [0.05, 0.1) is 11.4 Å². The smallest absolute Gasteiger partial charge is 0.408 e. The van der Waals surface area contributed by atoms with Crippen LogP contribution in [0.2, 0.25) is 0 Å². The second kappa shape index (κ2) is 7.37. The van der Waals surface area contributed by atoms with Gasteiger partial charge in [-0.1, -0.05) is 6.08 Å². The number of halogens is 1. The van der Waals surface area contributed by atoms with Crippen LogP contribution in [-0.4, -0.2) is 32.3 Å². The molecule has 130 valence electrons. The molecule has 2 heterocycles. The zero-order chi connectivity index (χ0) is 17.9. The monoisotopic (exact) mass is 443 g/mol. The highest BCUT2D eigenvalue weighted by molar-refractivity contribution is 14.1. The predicted octanol–water partition coefficient (Wildman–Crippen LogP) is 3.09. The number of alkyl carbamates (subject to hydrolysis) is 1. The molecule has 2 aromatic heterocycles. The lowest BCUT2D eigenvalue weighted by Crippen LogP contribution is -2.38. The summed E-state index contributed by atoms with van der Waals surface area (Å²) in [6.07, 6.45) is 5.33. The summed E-state index contributed by atoms with van der Waals surface area (Å²) in [5.74, 6) is 0.468. The topological polar surface area (TPSA) is 95.1 Å². The Balaban J connectivity index is 2.05. The second-order valence-corrected chi connectivity index (χ2v) is 7.57. The van der Waals surface area contributed by atoms with Crippen molar-refractivity contribution in [2.24, 2.45) is 0 Å². The summed E-state index contributed by atoms with van der Waals surface area (Å²) in [5.41, 5.74) is 6.17. The molecule has 7 nitrogen and oxygen atoms in total. The molecule has 2 rings (SSSR count). The number of nitrogens with two attached hydrogens (primary N) is 1. The number of nitrogens with zero attached hydrogens (tertiary/aromatic N) is 3. The Morgan fingerprint density at radius 1 is 1.54 bits per heavy atom. The number of aromatic nitrogens is 3. The number of amides is 1. The fourth-order valence-corrected chi connectivity index (χ4v) is 3.11. The van der Waals surface area contributed by atoms with Crippen LogP contribution in [0.5, 0.6) is 0 Å². The summed E-state index contributed by atoms with van der Waals surface area (Å²) >= 11 is 2.21. The van der Waals surface area contributed by atoms with Crippen molar-refractivity contribution in [3.63, 3.8) is 0 Å². The Morgan fingerprint density at radius 2 is 2.25 bits per heavy atom. The first kappa shape index (κ1) is 18.5. The lowest BCUT2D eigenvalue weighted by Gasteiger charge is -2.22. The van der Waals surface area contributed by atoms with Crippen LogP contribution >= 0.6 is 22.6 Å². The predicted molar refractivity (Wildman–Crippen MR) is 103 cm³/mol. The Kier molecular flexibility index (Phi) is 5.68. The molecule has 24 heavy (non-hydrogen) atoms. The van der Waals surface area contributed by atoms with Crippen LogP contribution in [0.25, 0.3) is 11.0 Å². The van der Waals surface area contributed by atoms with Crippen molar-refractivity contribution in [2.75, 3.05) is 5.73 Å². The number of anilines is 1. The molecule has 8 heteroatoms. The van der Waals surface area contributed by atoms with E-state index in [4.69, 9.17) is 10.5 Å². The number of carbonyl (C=O) groups excluding carboxylic acids is 1. The van der Waals surface area contributed by atoms with Crippen LogP contribution in [-0.2, 0) is 11.3 Å². The van der Waals surface area contributed by atoms with Gasteiger partial charge in [0.2, 0.25) is 0 Å². The number of nitrogens with one attached hydrogen (secondary N) is 1. The Bertz CT molecular complexity index is 751. The summed E-state index contributed by atoms with van der Waals surface area (Å²) in [4.78, 5) is 20.2. The van der Waals surface area contributed by atoms with E-state index in [0.29, 0.717) is 18.8 Å². The van der Waals surface area contributed by atoms with E-state index in [1.807, 2.05) is 31.5 Å². The summed E-state index contributed by atoms with van der Waals surface area (Å²) < 4.78 is 8.27. The standard InChI is InChI=1S/C16H22IN5O2/c1-5-10(21-15(23)24-16(2,3)4)6-7-22-8-11(17)12-13(18)19-9-20-14(12)22/h5,8-10H,1,6-7H2,2-4H3,(H,21,23)(H2,18,19,20)/t10-/m0/s1. The van der Waals surface area contributed by atoms with Crippen LogP contribution in [0.1, 0.15) is 27.2 Å². The van der Waals surface area contributed by atoms with Crippen LogP contribution in [0.4, 0.5) is 10.6 Å². The second-order valence-electron chi connectivity index (χ2n) is 6.41. The van der Waals surface area contributed by atoms with Gasteiger partial charge in [-0.3, -0.25) is 0 Å². The van der Waals surface area contributed by atoms with Crippen molar-refractivity contribution >= 4 is 45.5 Å². The van der Waals surface area contributed by atoms with Gasteiger partial charge in [0.25, 0.3) is 0 Å². The number of hydrogen-bond donors (Lipinski definition) is 2. The molecule has 1 atom stereocenters. The van der Waals surface area contributed by atoms with Gasteiger partial charge in [-0.2, -0.15) is 0 Å². The molecule has 0 aromatic carbocycles. The van der Waals surface area contributed by atoms with Crippen molar-refractivity contribution in [3.05, 3.63) is 28.7 Å². The molecule has 0 saturated carbocycles. The molecule has 3 N–H and O–H groups in total. The van der Waals surface area contributed by atoms with Gasteiger partial charge in [0.1, 0.15) is 23.4 Å². The van der Waals surface area contributed by atoms with Gasteiger partial charge in [0, 0.05) is 16.3 Å². The molecule has 0 bridgehead atoms. The number of nitrogen functional groups attached to an aromatic ring is 1. The third-order valence-electron chi connectivity index (χ3n) is 3.30. The van der Waals surface area contributed by atoms with Gasteiger partial charge >= 0.3 is 6.09 Å². The van der Waals surface area contributed by atoms with E-state index >= 15 is 0 Å². The number of aryl methyl sites for hydroxylation is 1. The number of rotatable bonds is 5. The maximum atomic E-state index is 11.9. The molecule has 0 saturated heterocycles. The third kappa shape index (κ3) is 4.59. The molecule has 0 aliphatic carbocycles. The average molecular weight is 443 g/mol. The zero-order valence-corrected chi connectivity index (χ0v) is 16.2. The van der Waals surface area contributed by atoms with Crippen molar-refractivity contribution in [3.8, 4) is 0 Å². The normalized spacial score (nSPS) is 12.8. The molecular weight excluding hydrogens is 421 g/mol. The average Bonchev–Trinajstić information content (AvgIpc) is 2.79. The van der Waals surface area contributed by atoms with Crippen molar-refractivity contribution in [1.82, 2.24) is 19.9 Å². The van der Waals surface area contributed by atoms with Crippen LogP contribution < -0.4 is 11.1 Å². The van der Waals surface area contributed by atoms with E-state index in [-0.39, 0.29) is 6.04 Å². The molecule has 0 spiro atoms. The van der Waals surface area contributed by atoms with Crippen LogP contribution in [0.3, 0.4) is 0 Å². The van der Waals surface area contributed by atoms with Gasteiger partial charge < -0.3 is 20.4 Å². The number of ether oxygens (including phenoxy) is 1. The van der Waals surface area contributed by atoms with Gasteiger partial charge in [0.15, 0.2) is 0 Å². The Morgan fingerprint density at radius 3 is 2.88 bits per heavy atom. The first-order chi connectivity index (χ1) is 11.2. The fourth-order valence-electron chi connectivity index (χ4n) is 2.26. The summed E-state index contributed by atoms with van der Waals surface area (Å²) in [7, 11) is 0. The first-order valence-electron chi connectivity index (χ1n) is 7.58. The minimum absolute atomic E-state index is 0.200. The third-order valence-corrected chi connectivity index (χ3v) is 4.12. The molecule has 1 amide bonds. The lowest BCUT2D eigenvalue weighted by molar-refractivity contribution is 0.0512.